The number of hydrogen-bond acceptors (Lipinski definition) is 5. The molecule has 2 aliphatic heterocycles. The smallest absolute Gasteiger partial charge is 0.274 e. The van der Waals surface area contributed by atoms with Gasteiger partial charge in [0.05, 0.1) is 12.8 Å². The molecule has 0 N–H and O–H groups in total. The number of rotatable bonds is 2. The summed E-state index contributed by atoms with van der Waals surface area (Å²) < 4.78 is 5.45. The van der Waals surface area contributed by atoms with E-state index in [1.807, 2.05) is 4.90 Å². The maximum atomic E-state index is 12.4. The molecule has 2 aliphatic rings. The highest BCUT2D eigenvalue weighted by Crippen LogP contribution is 2.15. The van der Waals surface area contributed by atoms with Crippen molar-refractivity contribution in [2.75, 3.05) is 39.4 Å². The molecule has 0 spiro atoms. The maximum absolute atomic E-state index is 12.4. The first-order chi connectivity index (χ1) is 9.84. The highest BCUT2D eigenvalue weighted by Gasteiger charge is 2.27. The largest absolute Gasteiger partial charge is 0.380 e. The van der Waals surface area contributed by atoms with Gasteiger partial charge in [0, 0.05) is 51.2 Å². The standard InChI is InChI=1S/C14H20N4O2/c19-14(13-10-15-3-4-16-13)18-6-1-5-17(7-8-18)12-2-9-20-11-12/h3-4,10,12H,1-2,5-9,11H2. The molecule has 3 heterocycles. The number of aromatic nitrogens is 2. The molecular formula is C14H20N4O2. The molecule has 1 aromatic rings. The van der Waals surface area contributed by atoms with Crippen LogP contribution in [0, 0.1) is 0 Å². The topological polar surface area (TPSA) is 58.6 Å². The lowest BCUT2D eigenvalue weighted by Crippen LogP contribution is -2.40. The molecule has 2 saturated heterocycles. The van der Waals surface area contributed by atoms with E-state index in [4.69, 9.17) is 4.74 Å². The zero-order chi connectivity index (χ0) is 13.8. The Morgan fingerprint density at radius 1 is 1.25 bits per heavy atom. The molecule has 2 fully saturated rings. The Morgan fingerprint density at radius 3 is 2.95 bits per heavy atom. The third-order valence-electron chi connectivity index (χ3n) is 4.02. The molecule has 6 nitrogen and oxygen atoms in total. The van der Waals surface area contributed by atoms with Crippen molar-refractivity contribution < 1.29 is 9.53 Å². The van der Waals surface area contributed by atoms with Crippen molar-refractivity contribution in [3.8, 4) is 0 Å². The monoisotopic (exact) mass is 276 g/mol. The van der Waals surface area contributed by atoms with Crippen molar-refractivity contribution >= 4 is 5.91 Å². The summed E-state index contributed by atoms with van der Waals surface area (Å²) in [6.45, 7) is 5.20. The van der Waals surface area contributed by atoms with Crippen molar-refractivity contribution in [2.45, 2.75) is 18.9 Å². The molecule has 0 saturated carbocycles. The number of carbonyl (C=O) groups excluding carboxylic acids is 1. The Balaban J connectivity index is 1.61. The van der Waals surface area contributed by atoms with Crippen molar-refractivity contribution in [1.29, 1.82) is 0 Å². The molecule has 1 amide bonds. The van der Waals surface area contributed by atoms with Crippen LogP contribution in [0.3, 0.4) is 0 Å². The lowest BCUT2D eigenvalue weighted by atomic mass is 10.2. The van der Waals surface area contributed by atoms with Crippen LogP contribution in [0.5, 0.6) is 0 Å². The van der Waals surface area contributed by atoms with Crippen LogP contribution < -0.4 is 0 Å². The van der Waals surface area contributed by atoms with E-state index in [0.717, 1.165) is 52.2 Å². The van der Waals surface area contributed by atoms with Crippen LogP contribution in [-0.4, -0.2) is 71.1 Å². The third-order valence-corrected chi connectivity index (χ3v) is 4.02. The SMILES string of the molecule is O=C(c1cnccn1)N1CCCN(C2CCOC2)CC1. The summed E-state index contributed by atoms with van der Waals surface area (Å²) in [5.41, 5.74) is 0.435. The van der Waals surface area contributed by atoms with Gasteiger partial charge in [0.15, 0.2) is 0 Å². The Hall–Kier alpha value is -1.53. The van der Waals surface area contributed by atoms with Gasteiger partial charge in [-0.1, -0.05) is 0 Å². The minimum atomic E-state index is -0.0115. The average Bonchev–Trinajstić information content (AvgIpc) is 2.92. The second kappa shape index (κ2) is 6.28. The molecule has 0 aliphatic carbocycles. The van der Waals surface area contributed by atoms with Gasteiger partial charge >= 0.3 is 0 Å². The van der Waals surface area contributed by atoms with Gasteiger partial charge in [-0.05, 0) is 12.8 Å². The zero-order valence-corrected chi connectivity index (χ0v) is 11.6. The van der Waals surface area contributed by atoms with E-state index in [9.17, 15) is 4.79 Å². The van der Waals surface area contributed by atoms with Gasteiger partial charge in [0.25, 0.3) is 5.91 Å². The number of ether oxygens (including phenoxy) is 1. The zero-order valence-electron chi connectivity index (χ0n) is 11.6. The normalized spacial score (nSPS) is 24.6. The quantitative estimate of drug-likeness (QED) is 0.783. The van der Waals surface area contributed by atoms with E-state index in [1.54, 1.807) is 12.4 Å². The van der Waals surface area contributed by atoms with Gasteiger partial charge in [-0.15, -0.1) is 0 Å². The molecule has 0 bridgehead atoms. The Bertz CT molecular complexity index is 448. The van der Waals surface area contributed by atoms with Crippen LogP contribution in [-0.2, 0) is 4.74 Å². The lowest BCUT2D eigenvalue weighted by molar-refractivity contribution is 0.0750. The molecule has 20 heavy (non-hydrogen) atoms. The van der Waals surface area contributed by atoms with Crippen LogP contribution in [0.4, 0.5) is 0 Å². The van der Waals surface area contributed by atoms with Crippen LogP contribution in [0.1, 0.15) is 23.3 Å². The molecule has 1 unspecified atom stereocenters. The van der Waals surface area contributed by atoms with Gasteiger partial charge in [0.1, 0.15) is 5.69 Å². The molecule has 3 rings (SSSR count). The van der Waals surface area contributed by atoms with E-state index in [0.29, 0.717) is 11.7 Å². The molecule has 1 atom stereocenters. The summed E-state index contributed by atoms with van der Waals surface area (Å²) in [6.07, 6.45) is 6.80. The Labute approximate surface area is 118 Å². The number of amides is 1. The molecular weight excluding hydrogens is 256 g/mol. The molecule has 6 heteroatoms. The second-order valence-electron chi connectivity index (χ2n) is 5.29. The van der Waals surface area contributed by atoms with Crippen molar-refractivity contribution in [1.82, 2.24) is 19.8 Å². The predicted molar refractivity (Wildman–Crippen MR) is 73.3 cm³/mol. The fourth-order valence-corrected chi connectivity index (χ4v) is 2.89. The van der Waals surface area contributed by atoms with Crippen molar-refractivity contribution in [2.24, 2.45) is 0 Å². The second-order valence-corrected chi connectivity index (χ2v) is 5.29. The van der Waals surface area contributed by atoms with Gasteiger partial charge < -0.3 is 9.64 Å². The fraction of sp³-hybridized carbons (Fsp3) is 0.643. The highest BCUT2D eigenvalue weighted by atomic mass is 16.5. The maximum Gasteiger partial charge on any atom is 0.274 e. The first kappa shape index (κ1) is 13.5. The first-order valence-corrected chi connectivity index (χ1v) is 7.21. The summed E-state index contributed by atoms with van der Waals surface area (Å²) in [6, 6.07) is 0.529. The van der Waals surface area contributed by atoms with Crippen molar-refractivity contribution in [3.63, 3.8) is 0 Å². The molecule has 0 aromatic carbocycles. The van der Waals surface area contributed by atoms with Gasteiger partial charge in [0.2, 0.25) is 0 Å². The predicted octanol–water partition coefficient (Wildman–Crippen LogP) is 0.413. The summed E-state index contributed by atoms with van der Waals surface area (Å²) in [5.74, 6) is -0.0115. The summed E-state index contributed by atoms with van der Waals surface area (Å²) in [5, 5.41) is 0. The van der Waals surface area contributed by atoms with Crippen LogP contribution >= 0.6 is 0 Å². The van der Waals surface area contributed by atoms with Crippen molar-refractivity contribution in [3.05, 3.63) is 24.3 Å². The number of carbonyl (C=O) groups is 1. The summed E-state index contributed by atoms with van der Waals surface area (Å²) in [7, 11) is 0. The van der Waals surface area contributed by atoms with Gasteiger partial charge in [-0.3, -0.25) is 14.7 Å². The van der Waals surface area contributed by atoms with Crippen LogP contribution in [0.15, 0.2) is 18.6 Å². The molecule has 1 aromatic heterocycles. The molecule has 108 valence electrons. The Morgan fingerprint density at radius 2 is 2.20 bits per heavy atom. The summed E-state index contributed by atoms with van der Waals surface area (Å²) in [4.78, 5) is 24.8. The van der Waals surface area contributed by atoms with E-state index in [1.165, 1.54) is 6.20 Å². The number of nitrogens with zero attached hydrogens (tertiary/aromatic N) is 4. The fourth-order valence-electron chi connectivity index (χ4n) is 2.89. The van der Waals surface area contributed by atoms with Crippen LogP contribution in [0.2, 0.25) is 0 Å². The van der Waals surface area contributed by atoms with E-state index >= 15 is 0 Å². The van der Waals surface area contributed by atoms with E-state index in [-0.39, 0.29) is 5.91 Å². The number of hydrogen-bond donors (Lipinski definition) is 0. The third kappa shape index (κ3) is 2.96. The highest BCUT2D eigenvalue weighted by molar-refractivity contribution is 5.91. The minimum absolute atomic E-state index is 0.0115. The van der Waals surface area contributed by atoms with Crippen LogP contribution in [0.25, 0.3) is 0 Å². The van der Waals surface area contributed by atoms with Gasteiger partial charge in [-0.2, -0.15) is 0 Å². The van der Waals surface area contributed by atoms with Gasteiger partial charge in [-0.25, -0.2) is 4.98 Å². The minimum Gasteiger partial charge on any atom is -0.380 e. The Kier molecular flexibility index (Phi) is 4.22. The van der Waals surface area contributed by atoms with E-state index in [2.05, 4.69) is 14.9 Å². The van der Waals surface area contributed by atoms with E-state index < -0.39 is 0 Å². The lowest BCUT2D eigenvalue weighted by Gasteiger charge is -2.26. The molecule has 0 radical (unpaired) electrons. The average molecular weight is 276 g/mol. The summed E-state index contributed by atoms with van der Waals surface area (Å²) >= 11 is 0. The first-order valence-electron chi connectivity index (χ1n) is 7.21.